The summed E-state index contributed by atoms with van der Waals surface area (Å²) in [4.78, 5) is 12.9. The van der Waals surface area contributed by atoms with Crippen molar-refractivity contribution in [2.75, 3.05) is 26.0 Å². The van der Waals surface area contributed by atoms with E-state index in [9.17, 15) is 9.18 Å². The van der Waals surface area contributed by atoms with Crippen LogP contribution in [0.1, 0.15) is 18.4 Å². The first-order chi connectivity index (χ1) is 8.00. The standard InChI is InChI=1S/C13H19FN2O/c1-10-6-7-12(11(14)9-10)15-8-4-5-13(17)16(2)3/h6-7,9,15H,4-5,8H2,1-3H3. The third-order valence-electron chi connectivity index (χ3n) is 2.51. The molecular formula is C13H19FN2O. The van der Waals surface area contributed by atoms with E-state index in [4.69, 9.17) is 0 Å². The van der Waals surface area contributed by atoms with Crippen LogP contribution < -0.4 is 5.32 Å². The monoisotopic (exact) mass is 238 g/mol. The van der Waals surface area contributed by atoms with E-state index >= 15 is 0 Å². The third kappa shape index (κ3) is 4.43. The lowest BCUT2D eigenvalue weighted by atomic mass is 10.2. The third-order valence-corrected chi connectivity index (χ3v) is 2.51. The van der Waals surface area contributed by atoms with Crippen molar-refractivity contribution < 1.29 is 9.18 Å². The van der Waals surface area contributed by atoms with Crippen LogP contribution in [0.4, 0.5) is 10.1 Å². The lowest BCUT2D eigenvalue weighted by molar-refractivity contribution is -0.128. The molecule has 0 aliphatic rings. The maximum atomic E-state index is 13.4. The molecule has 1 aromatic carbocycles. The zero-order chi connectivity index (χ0) is 12.8. The van der Waals surface area contributed by atoms with Crippen molar-refractivity contribution in [3.8, 4) is 0 Å². The van der Waals surface area contributed by atoms with Crippen molar-refractivity contribution in [2.45, 2.75) is 19.8 Å². The molecule has 3 nitrogen and oxygen atoms in total. The second-order valence-corrected chi connectivity index (χ2v) is 4.30. The molecule has 0 atom stereocenters. The van der Waals surface area contributed by atoms with Crippen LogP contribution in [-0.4, -0.2) is 31.4 Å². The molecule has 0 heterocycles. The van der Waals surface area contributed by atoms with Gasteiger partial charge in [0.2, 0.25) is 5.91 Å². The van der Waals surface area contributed by atoms with E-state index in [1.165, 1.54) is 6.07 Å². The van der Waals surface area contributed by atoms with Gasteiger partial charge in [-0.15, -0.1) is 0 Å². The first-order valence-corrected chi connectivity index (χ1v) is 5.71. The molecule has 0 aliphatic carbocycles. The van der Waals surface area contributed by atoms with E-state index in [1.54, 1.807) is 25.1 Å². The van der Waals surface area contributed by atoms with Gasteiger partial charge in [-0.2, -0.15) is 0 Å². The van der Waals surface area contributed by atoms with Crippen LogP contribution in [0.5, 0.6) is 0 Å². The predicted molar refractivity (Wildman–Crippen MR) is 67.6 cm³/mol. The Morgan fingerprint density at radius 1 is 1.41 bits per heavy atom. The van der Waals surface area contributed by atoms with E-state index < -0.39 is 0 Å². The van der Waals surface area contributed by atoms with Crippen LogP contribution in [0.3, 0.4) is 0 Å². The normalized spacial score (nSPS) is 10.1. The molecule has 0 bridgehead atoms. The largest absolute Gasteiger partial charge is 0.383 e. The molecule has 0 unspecified atom stereocenters. The maximum Gasteiger partial charge on any atom is 0.222 e. The van der Waals surface area contributed by atoms with Crippen LogP contribution in [0.15, 0.2) is 18.2 Å². The van der Waals surface area contributed by atoms with E-state index in [2.05, 4.69) is 5.32 Å². The molecule has 1 amide bonds. The lowest BCUT2D eigenvalue weighted by Gasteiger charge is -2.11. The van der Waals surface area contributed by atoms with Crippen molar-refractivity contribution in [2.24, 2.45) is 0 Å². The van der Waals surface area contributed by atoms with Gasteiger partial charge < -0.3 is 10.2 Å². The highest BCUT2D eigenvalue weighted by Gasteiger charge is 2.04. The van der Waals surface area contributed by atoms with Crippen molar-refractivity contribution in [1.82, 2.24) is 4.90 Å². The van der Waals surface area contributed by atoms with Gasteiger partial charge >= 0.3 is 0 Å². The summed E-state index contributed by atoms with van der Waals surface area (Å²) in [7, 11) is 3.46. The summed E-state index contributed by atoms with van der Waals surface area (Å²) in [5.41, 5.74) is 1.39. The molecule has 0 aromatic heterocycles. The van der Waals surface area contributed by atoms with Crippen molar-refractivity contribution >= 4 is 11.6 Å². The average Bonchev–Trinajstić information content (AvgIpc) is 2.26. The molecule has 0 radical (unpaired) electrons. The Kier molecular flexibility index (Phi) is 4.94. The number of carbonyl (C=O) groups excluding carboxylic acids is 1. The molecular weight excluding hydrogens is 219 g/mol. The Morgan fingerprint density at radius 2 is 2.12 bits per heavy atom. The molecule has 4 heteroatoms. The van der Waals surface area contributed by atoms with E-state index in [1.807, 2.05) is 13.0 Å². The minimum atomic E-state index is -0.246. The molecule has 0 aliphatic heterocycles. The predicted octanol–water partition coefficient (Wildman–Crippen LogP) is 2.41. The number of halogens is 1. The number of rotatable bonds is 5. The highest BCUT2D eigenvalue weighted by Crippen LogP contribution is 2.15. The van der Waals surface area contributed by atoms with Crippen LogP contribution >= 0.6 is 0 Å². The van der Waals surface area contributed by atoms with Gasteiger partial charge in [0.1, 0.15) is 5.82 Å². The summed E-state index contributed by atoms with van der Waals surface area (Å²) in [6.07, 6.45) is 1.18. The van der Waals surface area contributed by atoms with E-state index in [-0.39, 0.29) is 11.7 Å². The maximum absolute atomic E-state index is 13.4. The number of hydrogen-bond donors (Lipinski definition) is 1. The van der Waals surface area contributed by atoms with Crippen molar-refractivity contribution in [3.05, 3.63) is 29.6 Å². The second kappa shape index (κ2) is 6.23. The Morgan fingerprint density at radius 3 is 2.71 bits per heavy atom. The Hall–Kier alpha value is -1.58. The molecule has 0 spiro atoms. The molecule has 17 heavy (non-hydrogen) atoms. The number of nitrogens with zero attached hydrogens (tertiary/aromatic N) is 1. The topological polar surface area (TPSA) is 32.3 Å². The Labute approximate surface area is 102 Å². The molecule has 1 N–H and O–H groups in total. The van der Waals surface area contributed by atoms with Gasteiger partial charge in [-0.1, -0.05) is 6.07 Å². The van der Waals surface area contributed by atoms with Gasteiger partial charge in [0.15, 0.2) is 0 Å². The molecule has 0 fully saturated rings. The zero-order valence-electron chi connectivity index (χ0n) is 10.6. The minimum absolute atomic E-state index is 0.0937. The summed E-state index contributed by atoms with van der Waals surface area (Å²) >= 11 is 0. The van der Waals surface area contributed by atoms with Crippen LogP contribution in [0.25, 0.3) is 0 Å². The summed E-state index contributed by atoms with van der Waals surface area (Å²) < 4.78 is 13.4. The van der Waals surface area contributed by atoms with Gasteiger partial charge in [0.05, 0.1) is 5.69 Å². The minimum Gasteiger partial charge on any atom is -0.383 e. The smallest absolute Gasteiger partial charge is 0.222 e. The molecule has 0 saturated heterocycles. The first-order valence-electron chi connectivity index (χ1n) is 5.71. The fourth-order valence-corrected chi connectivity index (χ4v) is 1.45. The average molecular weight is 238 g/mol. The van der Waals surface area contributed by atoms with E-state index in [0.29, 0.717) is 25.1 Å². The Balaban J connectivity index is 2.34. The highest BCUT2D eigenvalue weighted by molar-refractivity contribution is 5.75. The quantitative estimate of drug-likeness (QED) is 0.799. The lowest BCUT2D eigenvalue weighted by Crippen LogP contribution is -2.22. The van der Waals surface area contributed by atoms with Gasteiger partial charge in [0, 0.05) is 27.1 Å². The van der Waals surface area contributed by atoms with Gasteiger partial charge in [-0.3, -0.25) is 4.79 Å². The second-order valence-electron chi connectivity index (χ2n) is 4.30. The van der Waals surface area contributed by atoms with Crippen LogP contribution in [0.2, 0.25) is 0 Å². The van der Waals surface area contributed by atoms with Gasteiger partial charge in [0.25, 0.3) is 0 Å². The zero-order valence-corrected chi connectivity index (χ0v) is 10.6. The molecule has 94 valence electrons. The number of hydrogen-bond acceptors (Lipinski definition) is 2. The number of amides is 1. The fourth-order valence-electron chi connectivity index (χ4n) is 1.45. The molecule has 1 aromatic rings. The van der Waals surface area contributed by atoms with Crippen molar-refractivity contribution in [3.63, 3.8) is 0 Å². The van der Waals surface area contributed by atoms with Crippen molar-refractivity contribution in [1.29, 1.82) is 0 Å². The molecule has 1 rings (SSSR count). The summed E-state index contributed by atoms with van der Waals surface area (Å²) in [5, 5.41) is 2.99. The fraction of sp³-hybridized carbons (Fsp3) is 0.462. The summed E-state index contributed by atoms with van der Waals surface area (Å²) in [5.74, 6) is -0.153. The Bertz CT molecular complexity index is 391. The van der Waals surface area contributed by atoms with E-state index in [0.717, 1.165) is 5.56 Å². The van der Waals surface area contributed by atoms with Gasteiger partial charge in [-0.25, -0.2) is 4.39 Å². The molecule has 0 saturated carbocycles. The first kappa shape index (κ1) is 13.5. The number of carbonyl (C=O) groups is 1. The van der Waals surface area contributed by atoms with Crippen LogP contribution in [0, 0.1) is 12.7 Å². The SMILES string of the molecule is Cc1ccc(NCCCC(=O)N(C)C)c(F)c1. The number of nitrogens with one attached hydrogen (secondary N) is 1. The summed E-state index contributed by atoms with van der Waals surface area (Å²) in [6, 6.07) is 5.07. The van der Waals surface area contributed by atoms with Crippen LogP contribution in [-0.2, 0) is 4.79 Å². The number of benzene rings is 1. The number of anilines is 1. The summed E-state index contributed by atoms with van der Waals surface area (Å²) in [6.45, 7) is 2.45. The highest BCUT2D eigenvalue weighted by atomic mass is 19.1. The number of aryl methyl sites for hydroxylation is 1. The van der Waals surface area contributed by atoms with Gasteiger partial charge in [-0.05, 0) is 31.0 Å².